The van der Waals surface area contributed by atoms with E-state index in [1.165, 1.54) is 11.3 Å². The lowest BCUT2D eigenvalue weighted by Crippen LogP contribution is -2.13. The number of aromatic nitrogens is 1. The molecule has 0 amide bonds. The van der Waals surface area contributed by atoms with Crippen LogP contribution < -0.4 is 4.72 Å². The average molecular weight is 304 g/mol. The minimum Gasteiger partial charge on any atom is -0.255 e. The van der Waals surface area contributed by atoms with Crippen LogP contribution in [0.1, 0.15) is 5.56 Å². The quantitative estimate of drug-likeness (QED) is 0.806. The minimum absolute atomic E-state index is 0.272. The standard InChI is InChI=1S/C14H12N2O2S2/c1-10-6-7-13(12-5-3-2-4-11(10)12)20(17,18)16-14-15-8-9-19-14/h2-9H,1H3,(H,15,16). The number of sulfonamides is 1. The maximum absolute atomic E-state index is 12.5. The van der Waals surface area contributed by atoms with E-state index in [9.17, 15) is 8.42 Å². The van der Waals surface area contributed by atoms with Crippen molar-refractivity contribution in [1.29, 1.82) is 0 Å². The fourth-order valence-electron chi connectivity index (χ4n) is 2.10. The van der Waals surface area contributed by atoms with Gasteiger partial charge in [0.05, 0.1) is 4.90 Å². The number of hydrogen-bond acceptors (Lipinski definition) is 4. The van der Waals surface area contributed by atoms with Gasteiger partial charge in [-0.3, -0.25) is 4.72 Å². The van der Waals surface area contributed by atoms with Crippen molar-refractivity contribution in [2.24, 2.45) is 0 Å². The zero-order valence-corrected chi connectivity index (χ0v) is 12.3. The maximum Gasteiger partial charge on any atom is 0.264 e. The van der Waals surface area contributed by atoms with Crippen LogP contribution in [0, 0.1) is 6.92 Å². The molecule has 6 heteroatoms. The summed E-state index contributed by atoms with van der Waals surface area (Å²) in [6.45, 7) is 1.97. The molecule has 0 aliphatic heterocycles. The van der Waals surface area contributed by atoms with Gasteiger partial charge in [-0.15, -0.1) is 11.3 Å². The molecule has 1 N–H and O–H groups in total. The fraction of sp³-hybridized carbons (Fsp3) is 0.0714. The highest BCUT2D eigenvalue weighted by molar-refractivity contribution is 7.93. The number of nitrogens with zero attached hydrogens (tertiary/aromatic N) is 1. The first-order chi connectivity index (χ1) is 9.58. The normalized spacial score (nSPS) is 11.7. The van der Waals surface area contributed by atoms with Gasteiger partial charge in [-0.1, -0.05) is 30.3 Å². The van der Waals surface area contributed by atoms with E-state index in [2.05, 4.69) is 9.71 Å². The van der Waals surface area contributed by atoms with Crippen LogP contribution in [0.15, 0.2) is 52.9 Å². The van der Waals surface area contributed by atoms with Gasteiger partial charge in [0.15, 0.2) is 5.13 Å². The fourth-order valence-corrected chi connectivity index (χ4v) is 4.10. The molecule has 1 heterocycles. The summed E-state index contributed by atoms with van der Waals surface area (Å²) in [5, 5.41) is 3.76. The van der Waals surface area contributed by atoms with Crippen molar-refractivity contribution in [3.63, 3.8) is 0 Å². The molecule has 0 unspecified atom stereocenters. The number of rotatable bonds is 3. The Labute approximate surface area is 121 Å². The van der Waals surface area contributed by atoms with E-state index in [0.29, 0.717) is 5.13 Å². The lowest BCUT2D eigenvalue weighted by atomic mass is 10.1. The molecule has 20 heavy (non-hydrogen) atoms. The highest BCUT2D eigenvalue weighted by Crippen LogP contribution is 2.27. The van der Waals surface area contributed by atoms with E-state index in [4.69, 9.17) is 0 Å². The van der Waals surface area contributed by atoms with Crippen LogP contribution in [0.5, 0.6) is 0 Å². The van der Waals surface area contributed by atoms with Gasteiger partial charge in [0, 0.05) is 17.0 Å². The van der Waals surface area contributed by atoms with E-state index in [1.807, 2.05) is 37.3 Å². The Hall–Kier alpha value is -1.92. The zero-order chi connectivity index (χ0) is 14.2. The number of benzene rings is 2. The Morgan fingerprint density at radius 3 is 2.55 bits per heavy atom. The van der Waals surface area contributed by atoms with Crippen molar-refractivity contribution in [2.45, 2.75) is 11.8 Å². The summed E-state index contributed by atoms with van der Waals surface area (Å²) in [5.74, 6) is 0. The molecular formula is C14H12N2O2S2. The lowest BCUT2D eigenvalue weighted by molar-refractivity contribution is 0.602. The van der Waals surface area contributed by atoms with Crippen LogP contribution in [-0.4, -0.2) is 13.4 Å². The second-order valence-corrected chi connectivity index (χ2v) is 6.91. The zero-order valence-electron chi connectivity index (χ0n) is 10.7. The van der Waals surface area contributed by atoms with Crippen molar-refractivity contribution >= 4 is 37.3 Å². The predicted molar refractivity (Wildman–Crippen MR) is 81.6 cm³/mol. The third-order valence-corrected chi connectivity index (χ3v) is 5.26. The highest BCUT2D eigenvalue weighted by atomic mass is 32.2. The molecule has 3 rings (SSSR count). The van der Waals surface area contributed by atoms with Crippen LogP contribution in [0.4, 0.5) is 5.13 Å². The van der Waals surface area contributed by atoms with E-state index in [0.717, 1.165) is 16.3 Å². The van der Waals surface area contributed by atoms with Gasteiger partial charge in [0.2, 0.25) is 0 Å². The molecule has 0 fully saturated rings. The predicted octanol–water partition coefficient (Wildman–Crippen LogP) is 3.41. The SMILES string of the molecule is Cc1ccc(S(=O)(=O)Nc2nccs2)c2ccccc12. The number of thiazole rings is 1. The van der Waals surface area contributed by atoms with Gasteiger partial charge in [0.1, 0.15) is 0 Å². The van der Waals surface area contributed by atoms with E-state index in [1.54, 1.807) is 17.6 Å². The van der Waals surface area contributed by atoms with Gasteiger partial charge in [-0.25, -0.2) is 13.4 Å². The average Bonchev–Trinajstić information content (AvgIpc) is 2.91. The van der Waals surface area contributed by atoms with E-state index in [-0.39, 0.29) is 4.90 Å². The number of nitrogens with one attached hydrogen (secondary N) is 1. The Bertz CT molecular complexity index is 856. The molecule has 4 nitrogen and oxygen atoms in total. The monoisotopic (exact) mass is 304 g/mol. The molecule has 0 radical (unpaired) electrons. The molecule has 0 spiro atoms. The minimum atomic E-state index is -3.63. The second kappa shape index (κ2) is 4.88. The third kappa shape index (κ3) is 2.28. The Kier molecular flexibility index (Phi) is 3.19. The van der Waals surface area contributed by atoms with Crippen molar-refractivity contribution in [3.05, 3.63) is 53.5 Å². The second-order valence-electron chi connectivity index (χ2n) is 4.37. The van der Waals surface area contributed by atoms with Gasteiger partial charge >= 0.3 is 0 Å². The van der Waals surface area contributed by atoms with Crippen molar-refractivity contribution in [3.8, 4) is 0 Å². The Morgan fingerprint density at radius 1 is 1.10 bits per heavy atom. The summed E-state index contributed by atoms with van der Waals surface area (Å²) >= 11 is 1.25. The molecule has 102 valence electrons. The summed E-state index contributed by atoms with van der Waals surface area (Å²) in [6.07, 6.45) is 1.57. The summed E-state index contributed by atoms with van der Waals surface area (Å²) in [4.78, 5) is 4.22. The molecule has 1 aromatic heterocycles. The number of aryl methyl sites for hydroxylation is 1. The molecular weight excluding hydrogens is 292 g/mol. The molecule has 0 atom stereocenters. The van der Waals surface area contributed by atoms with Crippen LogP contribution in [0.25, 0.3) is 10.8 Å². The summed E-state index contributed by atoms with van der Waals surface area (Å²) in [7, 11) is -3.63. The van der Waals surface area contributed by atoms with Crippen LogP contribution in [0.3, 0.4) is 0 Å². The third-order valence-electron chi connectivity index (χ3n) is 3.05. The van der Waals surface area contributed by atoms with Crippen LogP contribution >= 0.6 is 11.3 Å². The van der Waals surface area contributed by atoms with Crippen molar-refractivity contribution in [2.75, 3.05) is 4.72 Å². The molecule has 0 bridgehead atoms. The van der Waals surface area contributed by atoms with Gasteiger partial charge in [-0.2, -0.15) is 0 Å². The van der Waals surface area contributed by atoms with Crippen molar-refractivity contribution < 1.29 is 8.42 Å². The Balaban J connectivity index is 2.17. The van der Waals surface area contributed by atoms with Crippen LogP contribution in [0.2, 0.25) is 0 Å². The largest absolute Gasteiger partial charge is 0.264 e. The molecule has 0 aliphatic carbocycles. The molecule has 3 aromatic rings. The molecule has 2 aromatic carbocycles. The van der Waals surface area contributed by atoms with Crippen molar-refractivity contribution in [1.82, 2.24) is 4.98 Å². The smallest absolute Gasteiger partial charge is 0.255 e. The number of anilines is 1. The van der Waals surface area contributed by atoms with E-state index >= 15 is 0 Å². The molecule has 0 aliphatic rings. The van der Waals surface area contributed by atoms with Gasteiger partial charge < -0.3 is 0 Å². The maximum atomic E-state index is 12.5. The first-order valence-electron chi connectivity index (χ1n) is 5.98. The van der Waals surface area contributed by atoms with Gasteiger partial charge in [-0.05, 0) is 23.9 Å². The number of hydrogen-bond donors (Lipinski definition) is 1. The van der Waals surface area contributed by atoms with E-state index < -0.39 is 10.0 Å². The van der Waals surface area contributed by atoms with Gasteiger partial charge in [0.25, 0.3) is 10.0 Å². The topological polar surface area (TPSA) is 59.1 Å². The van der Waals surface area contributed by atoms with Crippen LogP contribution in [-0.2, 0) is 10.0 Å². The molecule has 0 saturated carbocycles. The summed E-state index contributed by atoms with van der Waals surface area (Å²) in [6, 6.07) is 10.9. The first-order valence-corrected chi connectivity index (χ1v) is 8.35. The first kappa shape index (κ1) is 13.1. The Morgan fingerprint density at radius 2 is 1.85 bits per heavy atom. The molecule has 0 saturated heterocycles. The summed E-state index contributed by atoms with van der Waals surface area (Å²) < 4.78 is 27.5. The highest BCUT2D eigenvalue weighted by Gasteiger charge is 2.18. The number of fused-ring (bicyclic) bond motifs is 1. The summed E-state index contributed by atoms with van der Waals surface area (Å²) in [5.41, 5.74) is 1.05. The lowest BCUT2D eigenvalue weighted by Gasteiger charge is -2.10.